The van der Waals surface area contributed by atoms with Crippen molar-refractivity contribution < 1.29 is 4.74 Å². The molecule has 0 spiro atoms. The van der Waals surface area contributed by atoms with E-state index in [1.165, 1.54) is 12.8 Å². The molecule has 2 N–H and O–H groups in total. The zero-order valence-electron chi connectivity index (χ0n) is 9.59. The van der Waals surface area contributed by atoms with E-state index in [1.807, 2.05) is 0 Å². The third kappa shape index (κ3) is 2.48. The number of anilines is 1. The smallest absolute Gasteiger partial charge is 0.151 e. The fraction of sp³-hybridized carbons (Fsp3) is 0.636. The Labute approximate surface area is 95.6 Å². The largest absolute Gasteiger partial charge is 0.383 e. The standard InChI is InChI=1S/C11H18N4O/c1-16-7-6-15(9-2-3-9)11-10(8-12)13-4-5-14-11/h4-5,9H,2-3,6-8,12H2,1H3. The van der Waals surface area contributed by atoms with E-state index in [-0.39, 0.29) is 0 Å². The van der Waals surface area contributed by atoms with Crippen LogP contribution >= 0.6 is 0 Å². The van der Waals surface area contributed by atoms with Crippen LogP contribution in [0.2, 0.25) is 0 Å². The van der Waals surface area contributed by atoms with E-state index in [0.29, 0.717) is 19.2 Å². The molecule has 0 aliphatic heterocycles. The lowest BCUT2D eigenvalue weighted by molar-refractivity contribution is 0.204. The monoisotopic (exact) mass is 222 g/mol. The molecule has 0 aromatic carbocycles. The molecule has 0 atom stereocenters. The van der Waals surface area contributed by atoms with Crippen molar-refractivity contribution in [2.75, 3.05) is 25.2 Å². The summed E-state index contributed by atoms with van der Waals surface area (Å²) in [5, 5.41) is 0. The number of hydrogen-bond acceptors (Lipinski definition) is 5. The highest BCUT2D eigenvalue weighted by molar-refractivity contribution is 5.45. The number of hydrogen-bond donors (Lipinski definition) is 1. The Bertz CT molecular complexity index is 341. The van der Waals surface area contributed by atoms with E-state index in [2.05, 4.69) is 14.9 Å². The molecule has 1 saturated carbocycles. The summed E-state index contributed by atoms with van der Waals surface area (Å²) in [6.45, 7) is 1.99. The van der Waals surface area contributed by atoms with Gasteiger partial charge in [0.15, 0.2) is 5.82 Å². The number of nitrogens with two attached hydrogens (primary N) is 1. The molecule has 0 bridgehead atoms. The van der Waals surface area contributed by atoms with Crippen LogP contribution in [0, 0.1) is 0 Å². The Morgan fingerprint density at radius 2 is 2.19 bits per heavy atom. The summed E-state index contributed by atoms with van der Waals surface area (Å²) in [6.07, 6.45) is 5.86. The number of aromatic nitrogens is 2. The first-order valence-corrected chi connectivity index (χ1v) is 5.62. The summed E-state index contributed by atoms with van der Waals surface area (Å²) in [7, 11) is 1.71. The molecule has 5 heteroatoms. The molecule has 1 aromatic rings. The maximum atomic E-state index is 5.68. The molecule has 1 fully saturated rings. The maximum Gasteiger partial charge on any atom is 0.151 e. The van der Waals surface area contributed by atoms with Gasteiger partial charge in [0, 0.05) is 38.6 Å². The molecule has 88 valence electrons. The van der Waals surface area contributed by atoms with Crippen LogP contribution in [0.15, 0.2) is 12.4 Å². The molecule has 5 nitrogen and oxygen atoms in total. The van der Waals surface area contributed by atoms with Gasteiger partial charge in [-0.15, -0.1) is 0 Å². The SMILES string of the molecule is COCCN(c1nccnc1CN)C1CC1. The fourth-order valence-electron chi connectivity index (χ4n) is 1.78. The van der Waals surface area contributed by atoms with Crippen molar-refractivity contribution in [1.29, 1.82) is 0 Å². The van der Waals surface area contributed by atoms with Gasteiger partial charge in [-0.2, -0.15) is 0 Å². The van der Waals surface area contributed by atoms with Crippen molar-refractivity contribution in [3.8, 4) is 0 Å². The van der Waals surface area contributed by atoms with Crippen LogP contribution in [0.25, 0.3) is 0 Å². The molecule has 0 amide bonds. The summed E-state index contributed by atoms with van der Waals surface area (Å²) in [6, 6.07) is 0.595. The summed E-state index contributed by atoms with van der Waals surface area (Å²) in [4.78, 5) is 10.9. The highest BCUT2D eigenvalue weighted by atomic mass is 16.5. The molecular weight excluding hydrogens is 204 g/mol. The van der Waals surface area contributed by atoms with Crippen LogP contribution in [0.4, 0.5) is 5.82 Å². The number of rotatable bonds is 6. The number of ether oxygens (including phenoxy) is 1. The first-order chi connectivity index (χ1) is 7.86. The van der Waals surface area contributed by atoms with Gasteiger partial charge in [0.2, 0.25) is 0 Å². The minimum absolute atomic E-state index is 0.430. The molecule has 0 unspecified atom stereocenters. The van der Waals surface area contributed by atoms with Gasteiger partial charge in [-0.05, 0) is 12.8 Å². The van der Waals surface area contributed by atoms with Gasteiger partial charge in [-0.3, -0.25) is 4.98 Å². The van der Waals surface area contributed by atoms with Crippen LogP contribution in [0.1, 0.15) is 18.5 Å². The lowest BCUT2D eigenvalue weighted by Gasteiger charge is -2.24. The Balaban J connectivity index is 2.16. The Morgan fingerprint density at radius 3 is 2.81 bits per heavy atom. The first kappa shape index (κ1) is 11.3. The highest BCUT2D eigenvalue weighted by Crippen LogP contribution is 2.31. The predicted molar refractivity (Wildman–Crippen MR) is 62.2 cm³/mol. The highest BCUT2D eigenvalue weighted by Gasteiger charge is 2.31. The average Bonchev–Trinajstić information content (AvgIpc) is 3.14. The summed E-state index contributed by atoms with van der Waals surface area (Å²) in [5.41, 5.74) is 6.54. The topological polar surface area (TPSA) is 64.3 Å². The molecule has 0 radical (unpaired) electrons. The molecular formula is C11H18N4O. The van der Waals surface area contributed by atoms with E-state index < -0.39 is 0 Å². The Morgan fingerprint density at radius 1 is 1.44 bits per heavy atom. The second-order valence-electron chi connectivity index (χ2n) is 3.95. The van der Waals surface area contributed by atoms with Crippen LogP contribution in [0.3, 0.4) is 0 Å². The second kappa shape index (κ2) is 5.23. The molecule has 1 aromatic heterocycles. The normalized spacial score (nSPS) is 15.1. The average molecular weight is 222 g/mol. The third-order valence-electron chi connectivity index (χ3n) is 2.74. The van der Waals surface area contributed by atoms with Gasteiger partial charge < -0.3 is 15.4 Å². The van der Waals surface area contributed by atoms with Crippen LogP contribution in [-0.2, 0) is 11.3 Å². The number of nitrogens with zero attached hydrogens (tertiary/aromatic N) is 3. The van der Waals surface area contributed by atoms with Crippen LogP contribution in [0.5, 0.6) is 0 Å². The molecule has 2 rings (SSSR count). The zero-order valence-corrected chi connectivity index (χ0v) is 9.59. The van der Waals surface area contributed by atoms with Gasteiger partial charge >= 0.3 is 0 Å². The minimum Gasteiger partial charge on any atom is -0.383 e. The predicted octanol–water partition coefficient (Wildman–Crippen LogP) is 0.551. The first-order valence-electron chi connectivity index (χ1n) is 5.62. The van der Waals surface area contributed by atoms with Crippen molar-refractivity contribution in [3.63, 3.8) is 0 Å². The van der Waals surface area contributed by atoms with Crippen molar-refractivity contribution in [2.24, 2.45) is 5.73 Å². The zero-order chi connectivity index (χ0) is 11.4. The second-order valence-corrected chi connectivity index (χ2v) is 3.95. The van der Waals surface area contributed by atoms with Gasteiger partial charge in [-0.25, -0.2) is 4.98 Å². The van der Waals surface area contributed by atoms with Gasteiger partial charge in [0.25, 0.3) is 0 Å². The van der Waals surface area contributed by atoms with Crippen molar-refractivity contribution in [2.45, 2.75) is 25.4 Å². The van der Waals surface area contributed by atoms with Crippen LogP contribution in [-0.4, -0.2) is 36.3 Å². The maximum absolute atomic E-state index is 5.68. The van der Waals surface area contributed by atoms with Gasteiger partial charge in [0.1, 0.15) is 0 Å². The van der Waals surface area contributed by atoms with Gasteiger partial charge in [0.05, 0.1) is 12.3 Å². The Hall–Kier alpha value is -1.20. The molecule has 16 heavy (non-hydrogen) atoms. The van der Waals surface area contributed by atoms with E-state index in [1.54, 1.807) is 19.5 Å². The summed E-state index contributed by atoms with van der Waals surface area (Å²) < 4.78 is 5.12. The lowest BCUT2D eigenvalue weighted by atomic mass is 10.3. The van der Waals surface area contributed by atoms with Gasteiger partial charge in [-0.1, -0.05) is 0 Å². The van der Waals surface area contributed by atoms with E-state index in [0.717, 1.165) is 18.1 Å². The summed E-state index contributed by atoms with van der Waals surface area (Å²) in [5.74, 6) is 0.921. The minimum atomic E-state index is 0.430. The third-order valence-corrected chi connectivity index (χ3v) is 2.74. The van der Waals surface area contributed by atoms with E-state index in [4.69, 9.17) is 10.5 Å². The fourth-order valence-corrected chi connectivity index (χ4v) is 1.78. The summed E-state index contributed by atoms with van der Waals surface area (Å²) >= 11 is 0. The molecule has 1 heterocycles. The molecule has 1 aliphatic carbocycles. The van der Waals surface area contributed by atoms with Crippen molar-refractivity contribution >= 4 is 5.82 Å². The molecule has 1 aliphatic rings. The van der Waals surface area contributed by atoms with Crippen molar-refractivity contribution in [3.05, 3.63) is 18.1 Å². The van der Waals surface area contributed by atoms with Crippen LogP contribution < -0.4 is 10.6 Å². The quantitative estimate of drug-likeness (QED) is 0.761. The molecule has 0 saturated heterocycles. The lowest BCUT2D eigenvalue weighted by Crippen LogP contribution is -2.31. The van der Waals surface area contributed by atoms with E-state index in [9.17, 15) is 0 Å². The van der Waals surface area contributed by atoms with E-state index >= 15 is 0 Å². The van der Waals surface area contributed by atoms with Crippen molar-refractivity contribution in [1.82, 2.24) is 9.97 Å². The number of methoxy groups -OCH3 is 1. The Kier molecular flexibility index (Phi) is 3.69.